The fourth-order valence-corrected chi connectivity index (χ4v) is 3.61. The number of anilines is 1. The minimum absolute atomic E-state index is 0.296. The predicted molar refractivity (Wildman–Crippen MR) is 115 cm³/mol. The van der Waals surface area contributed by atoms with Gasteiger partial charge in [-0.2, -0.15) is 0 Å². The molecule has 1 atom stereocenters. The van der Waals surface area contributed by atoms with E-state index in [1.807, 2.05) is 24.3 Å². The highest BCUT2D eigenvalue weighted by atomic mass is 35.5. The van der Waals surface area contributed by atoms with Crippen molar-refractivity contribution in [2.75, 3.05) is 31.6 Å². The van der Waals surface area contributed by atoms with E-state index in [0.29, 0.717) is 24.2 Å². The Hall–Kier alpha value is -2.31. The molecule has 0 amide bonds. The minimum atomic E-state index is 0.296. The van der Waals surface area contributed by atoms with E-state index in [0.717, 1.165) is 37.8 Å². The number of hydrogen-bond donors (Lipinski definition) is 2. The molecule has 1 aliphatic heterocycles. The van der Waals surface area contributed by atoms with Gasteiger partial charge in [-0.3, -0.25) is 0 Å². The number of methoxy groups -OCH3 is 1. The number of rotatable bonds is 7. The first kappa shape index (κ1) is 20.4. The third-order valence-electron chi connectivity index (χ3n) is 4.74. The van der Waals surface area contributed by atoms with Crippen LogP contribution in [-0.2, 0) is 17.9 Å². The second kappa shape index (κ2) is 10.3. The minimum Gasteiger partial charge on any atom is -0.380 e. The summed E-state index contributed by atoms with van der Waals surface area (Å²) in [5, 5.41) is 7.59. The third-order valence-corrected chi connectivity index (χ3v) is 5.03. The zero-order valence-corrected chi connectivity index (χ0v) is 17.2. The normalized spacial score (nSPS) is 17.0. The largest absolute Gasteiger partial charge is 0.380 e. The molecule has 2 N–H and O–H groups in total. The van der Waals surface area contributed by atoms with Gasteiger partial charge in [-0.15, -0.1) is 0 Å². The van der Waals surface area contributed by atoms with Crippen molar-refractivity contribution >= 4 is 23.4 Å². The lowest BCUT2D eigenvalue weighted by molar-refractivity contribution is 0.184. The summed E-state index contributed by atoms with van der Waals surface area (Å²) >= 11 is 6.29. The average molecular weight is 402 g/mol. The highest BCUT2D eigenvalue weighted by molar-refractivity contribution is 6.32. The summed E-state index contributed by atoms with van der Waals surface area (Å²) in [6.07, 6.45) is 2.79. The third kappa shape index (κ3) is 5.36. The maximum Gasteiger partial charge on any atom is 0.191 e. The number of aromatic nitrogens is 1. The Morgan fingerprint density at radius 1 is 1.29 bits per heavy atom. The highest BCUT2D eigenvalue weighted by Crippen LogP contribution is 2.25. The summed E-state index contributed by atoms with van der Waals surface area (Å²) in [6.45, 7) is 5.86. The van der Waals surface area contributed by atoms with Gasteiger partial charge < -0.3 is 20.3 Å². The zero-order chi connectivity index (χ0) is 19.8. The van der Waals surface area contributed by atoms with E-state index in [1.165, 1.54) is 11.1 Å². The summed E-state index contributed by atoms with van der Waals surface area (Å²) in [5.41, 5.74) is 2.34. The van der Waals surface area contributed by atoms with Crippen molar-refractivity contribution in [2.24, 2.45) is 4.99 Å². The predicted octanol–water partition coefficient (Wildman–Crippen LogP) is 3.22. The van der Waals surface area contributed by atoms with Crippen molar-refractivity contribution in [3.8, 4) is 0 Å². The molecule has 3 rings (SSSR count). The van der Waals surface area contributed by atoms with Gasteiger partial charge in [0.05, 0.1) is 18.2 Å². The van der Waals surface area contributed by atoms with Crippen LogP contribution in [-0.4, -0.2) is 43.7 Å². The number of pyridine rings is 1. The Balaban J connectivity index is 1.64. The number of halogens is 1. The molecule has 1 saturated heterocycles. The number of nitrogens with one attached hydrogen (secondary N) is 2. The van der Waals surface area contributed by atoms with Crippen LogP contribution in [0.3, 0.4) is 0 Å². The maximum absolute atomic E-state index is 6.29. The molecule has 1 unspecified atom stereocenters. The molecule has 1 aromatic heterocycles. The first-order valence-corrected chi connectivity index (χ1v) is 10.0. The van der Waals surface area contributed by atoms with Crippen LogP contribution in [0.4, 0.5) is 5.82 Å². The van der Waals surface area contributed by atoms with Crippen LogP contribution in [0.1, 0.15) is 24.5 Å². The summed E-state index contributed by atoms with van der Waals surface area (Å²) in [6, 6.07) is 12.3. The number of benzene rings is 1. The monoisotopic (exact) mass is 401 g/mol. The number of hydrogen-bond acceptors (Lipinski definition) is 4. The molecule has 28 heavy (non-hydrogen) atoms. The Labute approximate surface area is 172 Å². The summed E-state index contributed by atoms with van der Waals surface area (Å²) in [7, 11) is 1.71. The fourth-order valence-electron chi connectivity index (χ4n) is 3.37. The molecule has 0 bridgehead atoms. The van der Waals surface area contributed by atoms with Gasteiger partial charge in [0.15, 0.2) is 5.96 Å². The Morgan fingerprint density at radius 3 is 2.86 bits per heavy atom. The molecule has 1 fully saturated rings. The maximum atomic E-state index is 6.29. The van der Waals surface area contributed by atoms with Crippen molar-refractivity contribution < 1.29 is 4.74 Å². The number of ether oxygens (including phenoxy) is 1. The van der Waals surface area contributed by atoms with E-state index in [2.05, 4.69) is 39.6 Å². The van der Waals surface area contributed by atoms with Gasteiger partial charge in [0, 0.05) is 39.0 Å². The lowest BCUT2D eigenvalue weighted by atomic mass is 10.1. The molecule has 2 heterocycles. The standard InChI is InChI=1S/C21H28ClN5O/c1-3-23-21(25-13-16-7-4-5-8-17(16)15-28-2)26-18-10-12-27(14-18)20-19(22)9-6-11-24-20/h4-9,11,18H,3,10,12-15H2,1-2H3,(H2,23,25,26). The Bertz CT molecular complexity index is 798. The van der Waals surface area contributed by atoms with Crippen molar-refractivity contribution in [1.82, 2.24) is 15.6 Å². The second-order valence-electron chi connectivity index (χ2n) is 6.78. The molecule has 1 aliphatic rings. The Kier molecular flexibility index (Phi) is 7.51. The van der Waals surface area contributed by atoms with Crippen molar-refractivity contribution in [3.63, 3.8) is 0 Å². The number of nitrogens with zero attached hydrogens (tertiary/aromatic N) is 3. The highest BCUT2D eigenvalue weighted by Gasteiger charge is 2.25. The summed E-state index contributed by atoms with van der Waals surface area (Å²) in [4.78, 5) is 11.4. The van der Waals surface area contributed by atoms with Gasteiger partial charge in [0.1, 0.15) is 5.82 Å². The van der Waals surface area contributed by atoms with Gasteiger partial charge >= 0.3 is 0 Å². The van der Waals surface area contributed by atoms with Crippen LogP contribution >= 0.6 is 11.6 Å². The molecule has 0 aliphatic carbocycles. The smallest absolute Gasteiger partial charge is 0.191 e. The van der Waals surface area contributed by atoms with E-state index < -0.39 is 0 Å². The fraction of sp³-hybridized carbons (Fsp3) is 0.429. The number of guanidine groups is 1. The van der Waals surface area contributed by atoms with Crippen LogP contribution in [0.25, 0.3) is 0 Å². The van der Waals surface area contributed by atoms with Gasteiger partial charge in [-0.05, 0) is 36.6 Å². The van der Waals surface area contributed by atoms with Crippen molar-refractivity contribution in [2.45, 2.75) is 32.5 Å². The van der Waals surface area contributed by atoms with Crippen molar-refractivity contribution in [1.29, 1.82) is 0 Å². The molecule has 7 heteroatoms. The quantitative estimate of drug-likeness (QED) is 0.551. The van der Waals surface area contributed by atoms with Gasteiger partial charge in [0.2, 0.25) is 0 Å². The van der Waals surface area contributed by atoms with Crippen LogP contribution in [0, 0.1) is 0 Å². The molecule has 1 aromatic carbocycles. The SMILES string of the molecule is CCNC(=NCc1ccccc1COC)NC1CCN(c2ncccc2Cl)C1. The first-order valence-electron chi connectivity index (χ1n) is 9.67. The molecule has 6 nitrogen and oxygen atoms in total. The van der Waals surface area contributed by atoms with Gasteiger partial charge in [-0.1, -0.05) is 35.9 Å². The summed E-state index contributed by atoms with van der Waals surface area (Å²) < 4.78 is 5.29. The molecule has 0 spiro atoms. The van der Waals surface area contributed by atoms with Crippen LogP contribution in [0.15, 0.2) is 47.6 Å². The zero-order valence-electron chi connectivity index (χ0n) is 16.5. The average Bonchev–Trinajstić information content (AvgIpc) is 3.16. The Morgan fingerprint density at radius 2 is 2.11 bits per heavy atom. The molecule has 0 saturated carbocycles. The topological polar surface area (TPSA) is 61.8 Å². The summed E-state index contributed by atoms with van der Waals surface area (Å²) in [5.74, 6) is 1.68. The molecule has 150 valence electrons. The van der Waals surface area contributed by atoms with E-state index >= 15 is 0 Å². The van der Waals surface area contributed by atoms with E-state index in [-0.39, 0.29) is 0 Å². The van der Waals surface area contributed by atoms with Gasteiger partial charge in [0.25, 0.3) is 0 Å². The van der Waals surface area contributed by atoms with E-state index in [4.69, 9.17) is 21.3 Å². The molecular weight excluding hydrogens is 374 g/mol. The van der Waals surface area contributed by atoms with Crippen LogP contribution < -0.4 is 15.5 Å². The van der Waals surface area contributed by atoms with Crippen LogP contribution in [0.5, 0.6) is 0 Å². The lowest BCUT2D eigenvalue weighted by Crippen LogP contribution is -2.44. The van der Waals surface area contributed by atoms with E-state index in [1.54, 1.807) is 13.3 Å². The lowest BCUT2D eigenvalue weighted by Gasteiger charge is -2.20. The van der Waals surface area contributed by atoms with Gasteiger partial charge in [-0.25, -0.2) is 9.98 Å². The van der Waals surface area contributed by atoms with Crippen LogP contribution in [0.2, 0.25) is 5.02 Å². The van der Waals surface area contributed by atoms with E-state index in [9.17, 15) is 0 Å². The molecule has 2 aromatic rings. The molecule has 0 radical (unpaired) electrons. The van der Waals surface area contributed by atoms with Crippen molar-refractivity contribution in [3.05, 3.63) is 58.7 Å². The second-order valence-corrected chi connectivity index (χ2v) is 7.19. The first-order chi connectivity index (χ1) is 13.7. The number of aliphatic imine (C=N–C) groups is 1. The molecular formula is C21H28ClN5O.